The molecule has 2 atom stereocenters. The van der Waals surface area contributed by atoms with Crippen LogP contribution >= 0.6 is 23.2 Å². The highest BCUT2D eigenvalue weighted by Gasteiger charge is 2.26. The van der Waals surface area contributed by atoms with Crippen LogP contribution in [-0.2, 0) is 9.53 Å². The molecule has 0 bridgehead atoms. The van der Waals surface area contributed by atoms with Crippen molar-refractivity contribution in [3.8, 4) is 0 Å². The number of carbonyl (C=O) groups is 1. The largest absolute Gasteiger partial charge is 0.469 e. The van der Waals surface area contributed by atoms with E-state index in [9.17, 15) is 9.90 Å². The fraction of sp³-hybridized carbons (Fsp3) is 0.364. The lowest BCUT2D eigenvalue weighted by molar-refractivity contribution is -0.148. The van der Waals surface area contributed by atoms with Gasteiger partial charge in [0.15, 0.2) is 0 Å². The van der Waals surface area contributed by atoms with Gasteiger partial charge in [-0.3, -0.25) is 4.79 Å². The molecule has 0 spiro atoms. The normalized spacial score (nSPS) is 14.3. The lowest BCUT2D eigenvalue weighted by Gasteiger charge is -2.18. The van der Waals surface area contributed by atoms with E-state index in [0.29, 0.717) is 10.6 Å². The lowest BCUT2D eigenvalue weighted by Crippen LogP contribution is -2.20. The molecule has 1 aromatic rings. The van der Waals surface area contributed by atoms with Crippen molar-refractivity contribution in [1.82, 2.24) is 0 Å². The standard InChI is InChI=1S/C11H12Cl2O3/c1-6(11(15)16-2)10(14)7-4-3-5-8(12)9(7)13/h3-6,10,14H,1-2H3. The summed E-state index contributed by atoms with van der Waals surface area (Å²) >= 11 is 11.8. The van der Waals surface area contributed by atoms with E-state index in [2.05, 4.69) is 4.74 Å². The topological polar surface area (TPSA) is 46.5 Å². The van der Waals surface area contributed by atoms with E-state index < -0.39 is 18.0 Å². The minimum atomic E-state index is -1.03. The monoisotopic (exact) mass is 262 g/mol. The summed E-state index contributed by atoms with van der Waals surface area (Å²) in [5.41, 5.74) is 0.423. The molecule has 0 saturated heterocycles. The summed E-state index contributed by atoms with van der Waals surface area (Å²) in [4.78, 5) is 11.3. The van der Waals surface area contributed by atoms with E-state index in [1.54, 1.807) is 25.1 Å². The quantitative estimate of drug-likeness (QED) is 0.853. The van der Waals surface area contributed by atoms with Gasteiger partial charge in [-0.05, 0) is 13.0 Å². The van der Waals surface area contributed by atoms with Gasteiger partial charge >= 0.3 is 5.97 Å². The minimum Gasteiger partial charge on any atom is -0.469 e. The van der Waals surface area contributed by atoms with Crippen molar-refractivity contribution >= 4 is 29.2 Å². The van der Waals surface area contributed by atoms with E-state index in [1.807, 2.05) is 0 Å². The van der Waals surface area contributed by atoms with Crippen LogP contribution in [0.5, 0.6) is 0 Å². The summed E-state index contributed by atoms with van der Waals surface area (Å²) in [7, 11) is 1.27. The number of aliphatic hydroxyl groups excluding tert-OH is 1. The van der Waals surface area contributed by atoms with Gasteiger partial charge < -0.3 is 9.84 Å². The van der Waals surface area contributed by atoms with Crippen molar-refractivity contribution in [3.05, 3.63) is 33.8 Å². The smallest absolute Gasteiger partial charge is 0.311 e. The van der Waals surface area contributed by atoms with Gasteiger partial charge in [-0.25, -0.2) is 0 Å². The summed E-state index contributed by atoms with van der Waals surface area (Å²) < 4.78 is 4.55. The third kappa shape index (κ3) is 2.67. The number of hydrogen-bond acceptors (Lipinski definition) is 3. The van der Waals surface area contributed by atoms with Crippen LogP contribution in [0.25, 0.3) is 0 Å². The van der Waals surface area contributed by atoms with E-state index in [-0.39, 0.29) is 5.02 Å². The average molecular weight is 263 g/mol. The van der Waals surface area contributed by atoms with Crippen LogP contribution in [-0.4, -0.2) is 18.2 Å². The molecule has 0 radical (unpaired) electrons. The Morgan fingerprint density at radius 2 is 2.06 bits per heavy atom. The summed E-state index contributed by atoms with van der Waals surface area (Å²) in [5, 5.41) is 10.6. The molecule has 0 saturated carbocycles. The number of ether oxygens (including phenoxy) is 1. The highest BCUT2D eigenvalue weighted by molar-refractivity contribution is 6.42. The van der Waals surface area contributed by atoms with Gasteiger partial charge in [-0.2, -0.15) is 0 Å². The van der Waals surface area contributed by atoms with Crippen LogP contribution in [0.1, 0.15) is 18.6 Å². The van der Waals surface area contributed by atoms with E-state index in [0.717, 1.165) is 0 Å². The second kappa shape index (κ2) is 5.53. The molecular formula is C11H12Cl2O3. The molecule has 88 valence electrons. The third-order valence-corrected chi connectivity index (χ3v) is 3.18. The Balaban J connectivity index is 3.00. The fourth-order valence-corrected chi connectivity index (χ4v) is 1.75. The van der Waals surface area contributed by atoms with E-state index in [4.69, 9.17) is 23.2 Å². The number of hydrogen-bond donors (Lipinski definition) is 1. The first-order valence-electron chi connectivity index (χ1n) is 4.68. The minimum absolute atomic E-state index is 0.257. The number of benzene rings is 1. The van der Waals surface area contributed by atoms with Gasteiger partial charge in [0.1, 0.15) is 0 Å². The van der Waals surface area contributed by atoms with Crippen molar-refractivity contribution in [3.63, 3.8) is 0 Å². The Hall–Kier alpha value is -0.770. The number of rotatable bonds is 3. The molecule has 16 heavy (non-hydrogen) atoms. The van der Waals surface area contributed by atoms with Crippen molar-refractivity contribution in [2.45, 2.75) is 13.0 Å². The van der Waals surface area contributed by atoms with Crippen LogP contribution in [0.4, 0.5) is 0 Å². The highest BCUT2D eigenvalue weighted by atomic mass is 35.5. The van der Waals surface area contributed by atoms with E-state index in [1.165, 1.54) is 7.11 Å². The summed E-state index contributed by atoms with van der Waals surface area (Å²) in [6.07, 6.45) is -1.03. The predicted molar refractivity (Wildman–Crippen MR) is 62.6 cm³/mol. The van der Waals surface area contributed by atoms with Crippen LogP contribution in [0, 0.1) is 5.92 Å². The zero-order valence-electron chi connectivity index (χ0n) is 8.91. The molecule has 0 aliphatic heterocycles. The number of carbonyl (C=O) groups excluding carboxylic acids is 1. The molecule has 3 nitrogen and oxygen atoms in total. The summed E-state index contributed by atoms with van der Waals surface area (Å²) in [5.74, 6) is -1.19. The molecule has 1 N–H and O–H groups in total. The average Bonchev–Trinajstić information content (AvgIpc) is 2.29. The van der Waals surface area contributed by atoms with E-state index >= 15 is 0 Å². The zero-order valence-corrected chi connectivity index (χ0v) is 10.4. The molecule has 1 rings (SSSR count). The summed E-state index contributed by atoms with van der Waals surface area (Å²) in [6, 6.07) is 4.90. The van der Waals surface area contributed by atoms with Gasteiger partial charge in [0.25, 0.3) is 0 Å². The predicted octanol–water partition coefficient (Wildman–Crippen LogP) is 2.84. The molecular weight excluding hydrogens is 251 g/mol. The maximum Gasteiger partial charge on any atom is 0.311 e. The Morgan fingerprint density at radius 3 is 2.62 bits per heavy atom. The lowest BCUT2D eigenvalue weighted by atomic mass is 9.97. The molecule has 1 aromatic carbocycles. The van der Waals surface area contributed by atoms with Gasteiger partial charge in [0, 0.05) is 5.56 Å². The number of halogens is 2. The zero-order chi connectivity index (χ0) is 12.3. The Bertz CT molecular complexity index is 393. The number of methoxy groups -OCH3 is 1. The molecule has 2 unspecified atom stereocenters. The van der Waals surface area contributed by atoms with Crippen LogP contribution in [0.3, 0.4) is 0 Å². The number of aliphatic hydroxyl groups is 1. The second-order valence-corrected chi connectivity index (χ2v) is 4.18. The first-order valence-corrected chi connectivity index (χ1v) is 5.44. The molecule has 0 aliphatic rings. The fourth-order valence-electron chi connectivity index (χ4n) is 1.33. The van der Waals surface area contributed by atoms with Crippen molar-refractivity contribution < 1.29 is 14.6 Å². The SMILES string of the molecule is COC(=O)C(C)C(O)c1cccc(Cl)c1Cl. The van der Waals surface area contributed by atoms with Crippen LogP contribution in [0.15, 0.2) is 18.2 Å². The maximum absolute atomic E-state index is 11.3. The van der Waals surface area contributed by atoms with Gasteiger partial charge in [-0.1, -0.05) is 35.3 Å². The molecule has 0 amide bonds. The van der Waals surface area contributed by atoms with Gasteiger partial charge in [0.05, 0.1) is 29.2 Å². The maximum atomic E-state index is 11.3. The van der Waals surface area contributed by atoms with Crippen molar-refractivity contribution in [2.24, 2.45) is 5.92 Å². The van der Waals surface area contributed by atoms with Gasteiger partial charge in [0.2, 0.25) is 0 Å². The number of esters is 1. The molecule has 5 heteroatoms. The van der Waals surface area contributed by atoms with Crippen molar-refractivity contribution in [2.75, 3.05) is 7.11 Å². The second-order valence-electron chi connectivity index (χ2n) is 3.40. The van der Waals surface area contributed by atoms with Crippen LogP contribution < -0.4 is 0 Å². The Morgan fingerprint density at radius 1 is 1.44 bits per heavy atom. The molecule has 0 aliphatic carbocycles. The Labute approximate surface area is 104 Å². The van der Waals surface area contributed by atoms with Gasteiger partial charge in [-0.15, -0.1) is 0 Å². The molecule has 0 fully saturated rings. The molecule has 0 aromatic heterocycles. The highest BCUT2D eigenvalue weighted by Crippen LogP contribution is 2.33. The van der Waals surface area contributed by atoms with Crippen LogP contribution in [0.2, 0.25) is 10.0 Å². The van der Waals surface area contributed by atoms with Crippen molar-refractivity contribution in [1.29, 1.82) is 0 Å². The first kappa shape index (κ1) is 13.3. The summed E-state index contributed by atoms with van der Waals surface area (Å²) in [6.45, 7) is 1.56. The Kier molecular flexibility index (Phi) is 4.59. The molecule has 0 heterocycles. The third-order valence-electron chi connectivity index (χ3n) is 2.35. The first-order chi connectivity index (χ1) is 7.49.